The molecular formula is C53H35N5. The second-order valence-electron chi connectivity index (χ2n) is 14.0. The molecule has 2 aromatic heterocycles. The van der Waals surface area contributed by atoms with Crippen LogP contribution >= 0.6 is 0 Å². The van der Waals surface area contributed by atoms with E-state index in [0.29, 0.717) is 23.3 Å². The van der Waals surface area contributed by atoms with Crippen molar-refractivity contribution in [3.8, 4) is 90.3 Å². The second kappa shape index (κ2) is 15.3. The Morgan fingerprint density at radius 2 is 0.638 bits per heavy atom. The maximum atomic E-state index is 5.24. The number of hydrogen-bond donors (Lipinski definition) is 0. The maximum absolute atomic E-state index is 5.24. The van der Waals surface area contributed by atoms with Crippen molar-refractivity contribution in [3.63, 3.8) is 0 Å². The van der Waals surface area contributed by atoms with E-state index in [9.17, 15) is 0 Å². The molecule has 2 heterocycles. The highest BCUT2D eigenvalue weighted by Crippen LogP contribution is 2.44. The first kappa shape index (κ1) is 34.6. The van der Waals surface area contributed by atoms with E-state index in [0.717, 1.165) is 77.8 Å². The van der Waals surface area contributed by atoms with Crippen LogP contribution in [0.25, 0.3) is 101 Å². The van der Waals surface area contributed by atoms with Gasteiger partial charge in [0, 0.05) is 33.4 Å². The first-order valence-electron chi connectivity index (χ1n) is 19.3. The van der Waals surface area contributed by atoms with E-state index in [-0.39, 0.29) is 0 Å². The molecule has 0 bridgehead atoms. The topological polar surface area (TPSA) is 64.5 Å². The Labute approximate surface area is 337 Å². The van der Waals surface area contributed by atoms with Gasteiger partial charge in [-0.05, 0) is 39.1 Å². The predicted octanol–water partition coefficient (Wildman–Crippen LogP) is 13.2. The molecule has 0 saturated heterocycles. The number of fused-ring (bicyclic) bond motifs is 1. The van der Waals surface area contributed by atoms with Crippen molar-refractivity contribution in [1.29, 1.82) is 0 Å². The van der Waals surface area contributed by atoms with E-state index < -0.39 is 0 Å². The summed E-state index contributed by atoms with van der Waals surface area (Å²) in [6.07, 6.45) is 0. The number of aromatic nitrogens is 5. The summed E-state index contributed by atoms with van der Waals surface area (Å²) >= 11 is 0. The lowest BCUT2D eigenvalue weighted by molar-refractivity contribution is 1.08. The van der Waals surface area contributed by atoms with Gasteiger partial charge < -0.3 is 0 Å². The van der Waals surface area contributed by atoms with Crippen LogP contribution in [0, 0.1) is 0 Å². The summed E-state index contributed by atoms with van der Waals surface area (Å²) in [5.41, 5.74) is 11.7. The molecule has 0 unspecified atom stereocenters. The summed E-state index contributed by atoms with van der Waals surface area (Å²) in [5, 5.41) is 2.16. The highest BCUT2D eigenvalue weighted by Gasteiger charge is 2.22. The van der Waals surface area contributed by atoms with Crippen LogP contribution in [-0.4, -0.2) is 24.9 Å². The molecule has 0 N–H and O–H groups in total. The van der Waals surface area contributed by atoms with Gasteiger partial charge in [-0.25, -0.2) is 24.9 Å². The molecule has 0 aliphatic carbocycles. The van der Waals surface area contributed by atoms with E-state index in [1.54, 1.807) is 0 Å². The Hall–Kier alpha value is -7.89. The van der Waals surface area contributed by atoms with Crippen molar-refractivity contribution in [1.82, 2.24) is 24.9 Å². The van der Waals surface area contributed by atoms with Crippen molar-refractivity contribution in [3.05, 3.63) is 212 Å². The lowest BCUT2D eigenvalue weighted by Gasteiger charge is -2.19. The third-order valence-electron chi connectivity index (χ3n) is 10.4. The zero-order valence-electron chi connectivity index (χ0n) is 31.4. The molecule has 0 amide bonds. The fourth-order valence-electron chi connectivity index (χ4n) is 7.61. The molecule has 272 valence electrons. The maximum Gasteiger partial charge on any atom is 0.165 e. The summed E-state index contributed by atoms with van der Waals surface area (Å²) in [5.74, 6) is 2.52. The quantitative estimate of drug-likeness (QED) is 0.155. The molecule has 10 aromatic rings. The Bertz CT molecular complexity index is 2930. The van der Waals surface area contributed by atoms with Gasteiger partial charge in [-0.15, -0.1) is 0 Å². The summed E-state index contributed by atoms with van der Waals surface area (Å²) in [6, 6.07) is 72.8. The normalized spacial score (nSPS) is 11.1. The van der Waals surface area contributed by atoms with Crippen LogP contribution in [0.15, 0.2) is 212 Å². The van der Waals surface area contributed by atoms with E-state index in [1.807, 2.05) is 97.1 Å². The number of benzene rings is 8. The third-order valence-corrected chi connectivity index (χ3v) is 10.4. The van der Waals surface area contributed by atoms with Gasteiger partial charge in [0.05, 0.1) is 11.4 Å². The second-order valence-corrected chi connectivity index (χ2v) is 14.0. The lowest BCUT2D eigenvalue weighted by Crippen LogP contribution is -2.02. The summed E-state index contributed by atoms with van der Waals surface area (Å²) in [4.78, 5) is 25.8. The zero-order valence-corrected chi connectivity index (χ0v) is 31.4. The van der Waals surface area contributed by atoms with E-state index in [2.05, 4.69) is 115 Å². The Balaban J connectivity index is 1.20. The molecule has 8 aromatic carbocycles. The van der Waals surface area contributed by atoms with Gasteiger partial charge in [-0.3, -0.25) is 0 Å². The molecule has 0 saturated carbocycles. The van der Waals surface area contributed by atoms with Crippen LogP contribution in [0.5, 0.6) is 0 Å². The standard InChI is InChI=1S/C53H35N5/c1-5-20-37(21-6-1)47-35-48(55-50(54-47)38-22-7-2-8-23-38)45-32-18-17-30-43(45)42-29-15-16-31-44(42)46-34-33-36-19-13-14-28-41(36)49(46)53-57-51(39-24-9-3-10-25-39)56-52(58-53)40-26-11-4-12-27-40/h1-35H. The average Bonchev–Trinajstić information content (AvgIpc) is 3.32. The Kier molecular flexibility index (Phi) is 9.14. The van der Waals surface area contributed by atoms with Gasteiger partial charge in [0.25, 0.3) is 0 Å². The van der Waals surface area contributed by atoms with Crippen molar-refractivity contribution in [2.75, 3.05) is 0 Å². The van der Waals surface area contributed by atoms with Gasteiger partial charge in [0.15, 0.2) is 23.3 Å². The molecule has 0 atom stereocenters. The lowest BCUT2D eigenvalue weighted by atomic mass is 9.87. The van der Waals surface area contributed by atoms with Crippen molar-refractivity contribution >= 4 is 10.8 Å². The SMILES string of the molecule is c1ccc(-c2cc(-c3ccccc3-c3ccccc3-c3ccc4ccccc4c3-c3nc(-c4ccccc4)nc(-c4ccccc4)n3)nc(-c3ccccc3)n2)cc1. The Morgan fingerprint density at radius 3 is 1.21 bits per heavy atom. The minimum Gasteiger partial charge on any atom is -0.228 e. The van der Waals surface area contributed by atoms with E-state index >= 15 is 0 Å². The van der Waals surface area contributed by atoms with Crippen LogP contribution in [0.1, 0.15) is 0 Å². The first-order chi connectivity index (χ1) is 28.8. The largest absolute Gasteiger partial charge is 0.228 e. The minimum atomic E-state index is 0.610. The molecule has 0 radical (unpaired) electrons. The van der Waals surface area contributed by atoms with Gasteiger partial charge in [-0.1, -0.05) is 206 Å². The average molecular weight is 742 g/mol. The number of nitrogens with zero attached hydrogens (tertiary/aromatic N) is 5. The molecule has 5 heteroatoms. The van der Waals surface area contributed by atoms with Crippen molar-refractivity contribution < 1.29 is 0 Å². The summed E-state index contributed by atoms with van der Waals surface area (Å²) in [7, 11) is 0. The number of hydrogen-bond acceptors (Lipinski definition) is 5. The third kappa shape index (κ3) is 6.71. The van der Waals surface area contributed by atoms with E-state index in [1.165, 1.54) is 0 Å². The van der Waals surface area contributed by atoms with Crippen LogP contribution < -0.4 is 0 Å². The molecule has 5 nitrogen and oxygen atoms in total. The summed E-state index contributed by atoms with van der Waals surface area (Å²) in [6.45, 7) is 0. The molecule has 58 heavy (non-hydrogen) atoms. The van der Waals surface area contributed by atoms with Crippen LogP contribution in [0.3, 0.4) is 0 Å². The molecule has 0 spiro atoms. The smallest absolute Gasteiger partial charge is 0.165 e. The zero-order chi connectivity index (χ0) is 38.7. The van der Waals surface area contributed by atoms with Gasteiger partial charge in [0.2, 0.25) is 0 Å². The Morgan fingerprint density at radius 1 is 0.241 bits per heavy atom. The first-order valence-corrected chi connectivity index (χ1v) is 19.3. The summed E-state index contributed by atoms with van der Waals surface area (Å²) < 4.78 is 0. The predicted molar refractivity (Wildman–Crippen MR) is 236 cm³/mol. The van der Waals surface area contributed by atoms with Crippen LogP contribution in [0.4, 0.5) is 0 Å². The highest BCUT2D eigenvalue weighted by molar-refractivity contribution is 6.05. The molecule has 0 aliphatic rings. The molecule has 0 aliphatic heterocycles. The molecule has 10 rings (SSSR count). The molecule has 0 fully saturated rings. The van der Waals surface area contributed by atoms with Crippen LogP contribution in [-0.2, 0) is 0 Å². The van der Waals surface area contributed by atoms with Gasteiger partial charge in [-0.2, -0.15) is 0 Å². The number of rotatable bonds is 8. The van der Waals surface area contributed by atoms with E-state index in [4.69, 9.17) is 24.9 Å². The van der Waals surface area contributed by atoms with Crippen LogP contribution in [0.2, 0.25) is 0 Å². The minimum absolute atomic E-state index is 0.610. The highest BCUT2D eigenvalue weighted by atomic mass is 15.0. The monoisotopic (exact) mass is 741 g/mol. The van der Waals surface area contributed by atoms with Crippen molar-refractivity contribution in [2.24, 2.45) is 0 Å². The molecular weight excluding hydrogens is 707 g/mol. The van der Waals surface area contributed by atoms with Gasteiger partial charge in [0.1, 0.15) is 0 Å². The van der Waals surface area contributed by atoms with Gasteiger partial charge >= 0.3 is 0 Å². The van der Waals surface area contributed by atoms with Crippen molar-refractivity contribution in [2.45, 2.75) is 0 Å². The fraction of sp³-hybridized carbons (Fsp3) is 0. The fourth-order valence-corrected chi connectivity index (χ4v) is 7.61.